The van der Waals surface area contributed by atoms with E-state index in [9.17, 15) is 24.9 Å². The number of hydrogen-bond acceptors (Lipinski definition) is 7. The van der Waals surface area contributed by atoms with Gasteiger partial charge in [-0.2, -0.15) is 0 Å². The monoisotopic (exact) mass is 500 g/mol. The molecule has 7 heteroatoms. The predicted octanol–water partition coefficient (Wildman–Crippen LogP) is 3.82. The number of aliphatic hydroxyl groups excluding tert-OH is 2. The molecule has 3 N–H and O–H groups in total. The maximum atomic E-state index is 13.0. The molecule has 1 fully saturated rings. The lowest BCUT2D eigenvalue weighted by Gasteiger charge is -2.40. The molecule has 8 atom stereocenters. The van der Waals surface area contributed by atoms with Crippen LogP contribution in [0.2, 0.25) is 0 Å². The van der Waals surface area contributed by atoms with Crippen LogP contribution in [0.1, 0.15) is 64.7 Å². The molecule has 0 bridgehead atoms. The Bertz CT molecular complexity index is 998. The van der Waals surface area contributed by atoms with Gasteiger partial charge in [-0.15, -0.1) is 0 Å². The third-order valence-electron chi connectivity index (χ3n) is 7.76. The van der Waals surface area contributed by atoms with Gasteiger partial charge in [0.25, 0.3) is 0 Å². The second-order valence-corrected chi connectivity index (χ2v) is 11.2. The molecule has 0 aromatic heterocycles. The average molecular weight is 501 g/mol. The van der Waals surface area contributed by atoms with E-state index in [0.717, 1.165) is 0 Å². The zero-order valence-corrected chi connectivity index (χ0v) is 22.0. The van der Waals surface area contributed by atoms with E-state index in [4.69, 9.17) is 9.47 Å². The highest BCUT2D eigenvalue weighted by Crippen LogP contribution is 2.48. The molecule has 1 aromatic carbocycles. The smallest absolute Gasteiger partial charge is 0.338 e. The van der Waals surface area contributed by atoms with E-state index in [2.05, 4.69) is 0 Å². The van der Waals surface area contributed by atoms with E-state index < -0.39 is 59.2 Å². The Morgan fingerprint density at radius 1 is 1.06 bits per heavy atom. The first-order valence-corrected chi connectivity index (χ1v) is 12.7. The van der Waals surface area contributed by atoms with Crippen LogP contribution in [0.5, 0.6) is 0 Å². The maximum Gasteiger partial charge on any atom is 0.338 e. The van der Waals surface area contributed by atoms with Gasteiger partial charge in [0.2, 0.25) is 0 Å². The van der Waals surface area contributed by atoms with Crippen LogP contribution >= 0.6 is 0 Å². The summed E-state index contributed by atoms with van der Waals surface area (Å²) in [6.07, 6.45) is 2.28. The summed E-state index contributed by atoms with van der Waals surface area (Å²) in [6, 6.07) is 8.63. The third kappa shape index (κ3) is 5.90. The molecule has 0 heterocycles. The van der Waals surface area contributed by atoms with Gasteiger partial charge in [-0.3, -0.25) is 4.79 Å². The summed E-state index contributed by atoms with van der Waals surface area (Å²) < 4.78 is 11.7. The Balaban J connectivity index is 2.10. The number of fused-ring (bicyclic) bond motifs is 1. The van der Waals surface area contributed by atoms with Crippen molar-refractivity contribution in [3.8, 4) is 0 Å². The van der Waals surface area contributed by atoms with Crippen LogP contribution in [-0.4, -0.2) is 57.3 Å². The van der Waals surface area contributed by atoms with E-state index in [1.165, 1.54) is 6.92 Å². The van der Waals surface area contributed by atoms with Crippen molar-refractivity contribution in [2.75, 3.05) is 0 Å². The predicted molar refractivity (Wildman–Crippen MR) is 136 cm³/mol. The fraction of sp³-hybridized carbons (Fsp3) is 0.586. The molecule has 198 valence electrons. The van der Waals surface area contributed by atoms with E-state index >= 15 is 0 Å². The van der Waals surface area contributed by atoms with E-state index in [0.29, 0.717) is 11.1 Å². The summed E-state index contributed by atoms with van der Waals surface area (Å²) in [7, 11) is 0. The molecular formula is C29H40O7. The van der Waals surface area contributed by atoms with E-state index in [-0.39, 0.29) is 18.8 Å². The number of carbonyl (C=O) groups is 2. The number of esters is 2. The largest absolute Gasteiger partial charge is 0.459 e. The van der Waals surface area contributed by atoms with Gasteiger partial charge in [-0.25, -0.2) is 4.79 Å². The Hall–Kier alpha value is -2.48. The molecule has 36 heavy (non-hydrogen) atoms. The van der Waals surface area contributed by atoms with Crippen LogP contribution in [0.3, 0.4) is 0 Å². The van der Waals surface area contributed by atoms with Gasteiger partial charge in [-0.1, -0.05) is 64.1 Å². The highest BCUT2D eigenvalue weighted by Gasteiger charge is 2.58. The van der Waals surface area contributed by atoms with Crippen LogP contribution in [-0.2, 0) is 14.3 Å². The van der Waals surface area contributed by atoms with Gasteiger partial charge in [0.05, 0.1) is 17.8 Å². The molecule has 2 aliphatic rings. The summed E-state index contributed by atoms with van der Waals surface area (Å²) in [5.74, 6) is -2.45. The Kier molecular flexibility index (Phi) is 8.48. The van der Waals surface area contributed by atoms with Crippen molar-refractivity contribution in [3.63, 3.8) is 0 Å². The number of rotatable bonds is 3. The lowest BCUT2D eigenvalue weighted by molar-refractivity contribution is -0.173. The highest BCUT2D eigenvalue weighted by molar-refractivity contribution is 5.89. The molecule has 0 radical (unpaired) electrons. The van der Waals surface area contributed by atoms with Crippen LogP contribution in [0.4, 0.5) is 0 Å². The quantitative estimate of drug-likeness (QED) is 0.427. The van der Waals surface area contributed by atoms with E-state index in [1.54, 1.807) is 37.3 Å². The number of ether oxygens (including phenoxy) is 2. The van der Waals surface area contributed by atoms with Crippen LogP contribution in [0.25, 0.3) is 0 Å². The third-order valence-corrected chi connectivity index (χ3v) is 7.76. The summed E-state index contributed by atoms with van der Waals surface area (Å²) in [6.45, 7) is 10.5. The molecule has 7 nitrogen and oxygen atoms in total. The number of carbonyl (C=O) groups excluding carboxylic acids is 2. The second-order valence-electron chi connectivity index (χ2n) is 11.2. The van der Waals surface area contributed by atoms with Crippen LogP contribution < -0.4 is 0 Å². The van der Waals surface area contributed by atoms with Gasteiger partial charge in [0, 0.05) is 30.6 Å². The molecular weight excluding hydrogens is 460 g/mol. The summed E-state index contributed by atoms with van der Waals surface area (Å²) in [5.41, 5.74) is -1.28. The number of hydrogen-bond donors (Lipinski definition) is 3. The van der Waals surface area contributed by atoms with E-state index in [1.807, 2.05) is 45.9 Å². The first kappa shape index (κ1) is 28.1. The lowest BCUT2D eigenvalue weighted by Crippen LogP contribution is -2.52. The van der Waals surface area contributed by atoms with Gasteiger partial charge in [0.15, 0.2) is 0 Å². The first-order valence-electron chi connectivity index (χ1n) is 12.7. The van der Waals surface area contributed by atoms with Gasteiger partial charge < -0.3 is 24.8 Å². The van der Waals surface area contributed by atoms with Crippen molar-refractivity contribution < 1.29 is 34.4 Å². The zero-order chi connectivity index (χ0) is 26.8. The number of aliphatic hydroxyl groups is 3. The second kappa shape index (κ2) is 10.9. The molecule has 0 unspecified atom stereocenters. The van der Waals surface area contributed by atoms with Crippen molar-refractivity contribution in [1.82, 2.24) is 0 Å². The summed E-state index contributed by atoms with van der Waals surface area (Å²) in [4.78, 5) is 25.1. The number of benzene rings is 1. The van der Waals surface area contributed by atoms with Crippen LogP contribution in [0, 0.1) is 23.2 Å². The SMILES string of the molecule is CC(=O)O[C@H]1[C@@H](C)C=CC(C)(C)[C@H](O)C[C@@H](O)C(C)=C[C@H]2[C@@H](OC(=O)c3ccccc3)[C@@H](C)C[C@@]21O. The molecule has 0 saturated heterocycles. The summed E-state index contributed by atoms with van der Waals surface area (Å²) in [5, 5.41) is 34.0. The minimum absolute atomic E-state index is 0.108. The van der Waals surface area contributed by atoms with Crippen molar-refractivity contribution in [1.29, 1.82) is 0 Å². The van der Waals surface area contributed by atoms with Gasteiger partial charge in [-0.05, 0) is 37.0 Å². The Labute approximate surface area is 213 Å². The minimum atomic E-state index is -1.56. The molecule has 0 amide bonds. The topological polar surface area (TPSA) is 113 Å². The lowest BCUT2D eigenvalue weighted by atomic mass is 9.75. The molecule has 3 rings (SSSR count). The van der Waals surface area contributed by atoms with Gasteiger partial charge >= 0.3 is 11.9 Å². The van der Waals surface area contributed by atoms with Gasteiger partial charge in [0.1, 0.15) is 17.8 Å². The fourth-order valence-electron chi connectivity index (χ4n) is 5.46. The minimum Gasteiger partial charge on any atom is -0.459 e. The van der Waals surface area contributed by atoms with Crippen molar-refractivity contribution in [3.05, 3.63) is 59.7 Å². The molecule has 0 spiro atoms. The average Bonchev–Trinajstić information content (AvgIpc) is 3.05. The first-order chi connectivity index (χ1) is 16.8. The highest BCUT2D eigenvalue weighted by atomic mass is 16.6. The molecule has 1 aromatic rings. The normalized spacial score (nSPS) is 36.6. The molecule has 1 saturated carbocycles. The van der Waals surface area contributed by atoms with Crippen LogP contribution in [0.15, 0.2) is 54.1 Å². The molecule has 0 aliphatic heterocycles. The van der Waals surface area contributed by atoms with Crippen molar-refractivity contribution in [2.45, 2.75) is 84.4 Å². The standard InChI is InChI=1S/C29H40O7/c1-17-12-13-28(5,6)24(32)15-23(31)18(2)14-22-25(36-27(33)21-10-8-7-9-11-21)19(3)16-29(22,34)26(17)35-20(4)30/h7-14,17,19,22-26,31-32,34H,15-16H2,1-6H3/t17-,19-,22-,23+,24+,25-,26-,29+/m0/s1. The van der Waals surface area contributed by atoms with Crippen molar-refractivity contribution in [2.24, 2.45) is 23.2 Å². The van der Waals surface area contributed by atoms with Crippen molar-refractivity contribution >= 4 is 11.9 Å². The fourth-order valence-corrected chi connectivity index (χ4v) is 5.46. The maximum absolute atomic E-state index is 13.0. The Morgan fingerprint density at radius 2 is 1.69 bits per heavy atom. The molecule has 2 aliphatic carbocycles. The summed E-state index contributed by atoms with van der Waals surface area (Å²) >= 11 is 0. The zero-order valence-electron chi connectivity index (χ0n) is 22.0. The Morgan fingerprint density at radius 3 is 2.31 bits per heavy atom.